The summed E-state index contributed by atoms with van der Waals surface area (Å²) >= 11 is 10.7. The van der Waals surface area contributed by atoms with E-state index in [-0.39, 0.29) is 69.8 Å². The van der Waals surface area contributed by atoms with Crippen LogP contribution in [-0.2, 0) is 68.1 Å². The van der Waals surface area contributed by atoms with E-state index in [1.807, 2.05) is 39.8 Å². The zero-order valence-corrected chi connectivity index (χ0v) is 91.6. The molecule has 15 rings (SSSR count). The van der Waals surface area contributed by atoms with Crippen LogP contribution in [0.3, 0.4) is 0 Å². The molecule has 0 saturated carbocycles. The molecule has 6 N–H and O–H groups in total. The molecule has 8 heterocycles. The van der Waals surface area contributed by atoms with Crippen LogP contribution >= 0.6 is 79.0 Å². The Morgan fingerprint density at radius 1 is 0.385 bits per heavy atom. The summed E-state index contributed by atoms with van der Waals surface area (Å²) in [7, 11) is -9.23. The number of nitrogens with one attached hydrogen (secondary N) is 4. The highest BCUT2D eigenvalue weighted by Crippen LogP contribution is 2.41. The van der Waals surface area contributed by atoms with Crippen molar-refractivity contribution in [3.8, 4) is 0 Å². The third kappa shape index (κ3) is 30.4. The molecule has 0 radical (unpaired) electrons. The van der Waals surface area contributed by atoms with Crippen LogP contribution in [0.15, 0.2) is 221 Å². The summed E-state index contributed by atoms with van der Waals surface area (Å²) in [6.07, 6.45) is 7.27. The number of methoxy groups -OCH3 is 4. The molecule has 0 bridgehead atoms. The number of para-hydroxylation sites is 4. The van der Waals surface area contributed by atoms with Gasteiger partial charge < -0.3 is 54.9 Å². The summed E-state index contributed by atoms with van der Waals surface area (Å²) in [5, 5.41) is 13.0. The molecule has 3 fully saturated rings. The number of nitrogens with two attached hydrogens (primary N) is 1. The average Bonchev–Trinajstić information content (AvgIpc) is 1.72. The van der Waals surface area contributed by atoms with Gasteiger partial charge in [0.15, 0.2) is 0 Å². The van der Waals surface area contributed by atoms with Crippen molar-refractivity contribution in [2.24, 2.45) is 0 Å². The number of aryl methyl sites for hydroxylation is 6. The lowest BCUT2D eigenvalue weighted by Gasteiger charge is -2.26. The number of carbonyl (C=O) groups is 5. The highest BCUT2D eigenvalue weighted by molar-refractivity contribution is 8.14. The topological polar surface area (TPSA) is 387 Å². The van der Waals surface area contributed by atoms with Gasteiger partial charge >= 0.3 is 11.9 Å². The van der Waals surface area contributed by atoms with Crippen LogP contribution < -0.4 is 49.1 Å². The summed E-state index contributed by atoms with van der Waals surface area (Å²) in [6, 6.07) is 47.7. The first-order chi connectivity index (χ1) is 67.5. The van der Waals surface area contributed by atoms with Crippen LogP contribution in [0, 0.1) is 62.3 Å². The van der Waals surface area contributed by atoms with E-state index in [4.69, 9.17) is 37.5 Å². The maximum atomic E-state index is 13.6. The Labute approximate surface area is 871 Å². The van der Waals surface area contributed by atoms with Gasteiger partial charge in [0.05, 0.1) is 25.6 Å². The summed E-state index contributed by atoms with van der Waals surface area (Å²) < 4.78 is 151. The Morgan fingerprint density at radius 2 is 0.671 bits per heavy atom. The van der Waals surface area contributed by atoms with Crippen LogP contribution in [0.25, 0.3) is 0 Å². The highest BCUT2D eigenvalue weighted by atomic mass is 35.7. The predicted molar refractivity (Wildman–Crippen MR) is 585 cm³/mol. The van der Waals surface area contributed by atoms with Gasteiger partial charge in [-0.05, 0) is 288 Å². The standard InChI is InChI=1S/C26H31N3O4S2.C24H27N3O3S2.C13H12ClNO4S2.C13H20N2.C12H11NO4S2.C6H5ClO4S2.C6H15N.CH4/c1-18-16-19(2)24(28-13-8-9-14-28)20(3)23(18)27-26(30)25-22(12-15-34-25)35(31,32)29(17-33-4)21-10-6-5-7-11-21;1-16-15-17(2)22(27-12-7-8-13-27)18(3)21(16)25-24(28)23-20(11-14-31-23)32(29,30)26-19-9-5-4-6-10-19;1-19-9-15(10-5-3-2-4-6-10)21(17,18)11-7-8-20-12(11)13(14)16;1-9-8-10(2)13(11(3)12(9)14)15-6-4-5-7-15;1-17-12(14)11-10(7-8-18-11)19(15,16)13-9-5-3-2-4-6-9;1-11-6(8)5-4(2-3-12-5)13(7,9)10;1-4-7(5-2)6-3;/h5-7,10-12,15-16H,8-9,13-14,17H2,1-4H3,(H,27,30);4-6,9-11,14-15,26H,7-8,12-13H2,1-3H3,(H,25,28);2-8H,9H2,1H3;8H,4-7,14H2,1-3H3;2-8,13H,1H3;2-3H,1H3;4-6H2,1-3H3;1H4. The second kappa shape index (κ2) is 54.4. The Bertz CT molecular complexity index is 6910. The number of hydrogen-bond donors (Lipinski definition) is 5. The first kappa shape index (κ1) is 117. The van der Waals surface area contributed by atoms with Crippen LogP contribution in [0.5, 0.6) is 0 Å². The number of nitrogens with zero attached hydrogens (tertiary/aromatic N) is 6. The number of benzene rings is 7. The van der Waals surface area contributed by atoms with Crippen molar-refractivity contribution in [2.75, 3.05) is 150 Å². The van der Waals surface area contributed by atoms with E-state index in [1.165, 1.54) is 171 Å². The van der Waals surface area contributed by atoms with E-state index in [2.05, 4.69) is 123 Å². The van der Waals surface area contributed by atoms with Crippen LogP contribution in [0.4, 0.5) is 56.9 Å². The summed E-state index contributed by atoms with van der Waals surface area (Å²) in [5.74, 6) is -2.22. The fourth-order valence-electron chi connectivity index (χ4n) is 16.3. The van der Waals surface area contributed by atoms with Gasteiger partial charge in [-0.15, -0.1) is 56.7 Å². The van der Waals surface area contributed by atoms with E-state index in [0.29, 0.717) is 22.7 Å². The number of thiophene rings is 5. The summed E-state index contributed by atoms with van der Waals surface area (Å²) in [5.41, 5.74) is 24.1. The number of ether oxygens (including phenoxy) is 4. The van der Waals surface area contributed by atoms with Gasteiger partial charge in [-0.25, -0.2) is 60.3 Å². The minimum absolute atomic E-state index is 0. The minimum atomic E-state index is -4.04. The molecule has 0 aliphatic carbocycles. The third-order valence-electron chi connectivity index (χ3n) is 23.0. The molecule has 772 valence electrons. The molecular weight excluding hydrogens is 2060 g/mol. The number of sulfonamides is 4. The van der Waals surface area contributed by atoms with Gasteiger partial charge in [-0.2, -0.15) is 0 Å². The van der Waals surface area contributed by atoms with Gasteiger partial charge in [-0.3, -0.25) is 23.8 Å². The van der Waals surface area contributed by atoms with Gasteiger partial charge in [0.2, 0.25) is 0 Å². The quantitative estimate of drug-likeness (QED) is 0.0121. The number of carbonyl (C=O) groups excluding carboxylic acids is 5. The molecule has 2 amide bonds. The number of anilines is 10. The molecule has 3 saturated heterocycles. The third-order valence-corrected chi connectivity index (χ3v) is 36.3. The lowest BCUT2D eigenvalue weighted by atomic mass is 10.0. The molecule has 5 aromatic heterocycles. The molecule has 3 aliphatic heterocycles. The van der Waals surface area contributed by atoms with Crippen molar-refractivity contribution >= 4 is 214 Å². The van der Waals surface area contributed by atoms with Crippen molar-refractivity contribution in [3.05, 3.63) is 271 Å². The van der Waals surface area contributed by atoms with Gasteiger partial charge in [-0.1, -0.05) is 119 Å². The molecular formula is C101H125Cl2N11O19S10. The maximum Gasteiger partial charge on any atom is 0.349 e. The molecule has 7 aromatic carbocycles. The Balaban J connectivity index is 0.000000213. The van der Waals surface area contributed by atoms with Crippen molar-refractivity contribution in [1.82, 2.24) is 4.90 Å². The van der Waals surface area contributed by atoms with E-state index in [9.17, 15) is 66.1 Å². The van der Waals surface area contributed by atoms with E-state index >= 15 is 0 Å². The molecule has 3 aliphatic rings. The number of halogens is 2. The lowest BCUT2D eigenvalue weighted by Crippen LogP contribution is -2.33. The fourth-order valence-corrected chi connectivity index (χ4v) is 29.0. The summed E-state index contributed by atoms with van der Waals surface area (Å²) in [4.78, 5) is 70.0. The lowest BCUT2D eigenvalue weighted by molar-refractivity contribution is 0.0593. The second-order valence-corrected chi connectivity index (χ2v) is 47.1. The molecule has 12 aromatic rings. The van der Waals surface area contributed by atoms with E-state index < -0.39 is 78.1 Å². The molecule has 143 heavy (non-hydrogen) atoms. The number of amides is 2. The molecule has 0 spiro atoms. The monoisotopic (exact) mass is 2190 g/mol. The van der Waals surface area contributed by atoms with Crippen LogP contribution in [0.2, 0.25) is 0 Å². The average molecular weight is 2190 g/mol. The van der Waals surface area contributed by atoms with Crippen LogP contribution in [0.1, 0.15) is 165 Å². The van der Waals surface area contributed by atoms with E-state index in [1.54, 1.807) is 120 Å². The largest absolute Gasteiger partial charge is 0.465 e. The van der Waals surface area contributed by atoms with Crippen LogP contribution in [-0.4, -0.2) is 177 Å². The molecule has 0 unspecified atom stereocenters. The maximum absolute atomic E-state index is 13.6. The highest BCUT2D eigenvalue weighted by Gasteiger charge is 2.35. The fraction of sp³-hybridized carbons (Fsp3) is 0.337. The first-order valence-corrected chi connectivity index (χ1v) is 58.1. The zero-order valence-electron chi connectivity index (χ0n) is 81.9. The number of rotatable bonds is 30. The smallest absolute Gasteiger partial charge is 0.349 e. The Kier molecular flexibility index (Phi) is 44.7. The van der Waals surface area contributed by atoms with Gasteiger partial charge in [0.1, 0.15) is 62.3 Å². The van der Waals surface area contributed by atoms with E-state index in [0.717, 1.165) is 151 Å². The van der Waals surface area contributed by atoms with Crippen molar-refractivity contribution in [1.29, 1.82) is 0 Å². The van der Waals surface area contributed by atoms with Crippen molar-refractivity contribution in [2.45, 2.75) is 154 Å². The number of esters is 2. The normalized spacial score (nSPS) is 12.8. The molecule has 42 heteroatoms. The zero-order chi connectivity index (χ0) is 104. The molecule has 0 atom stereocenters. The predicted octanol–water partition coefficient (Wildman–Crippen LogP) is 22.2. The summed E-state index contributed by atoms with van der Waals surface area (Å²) in [6.45, 7) is 34.8. The SMILES string of the molecule is C.CCN(CC)CC.COC(=O)c1sccc1S(=O)(=O)Cl.COC(=O)c1sccc1S(=O)(=O)Nc1ccccc1.COCN(c1ccccc1)S(=O)(=O)c1ccsc1C(=O)Cl.COCN(c1ccccc1)S(=O)(=O)c1ccsc1C(=O)Nc1c(C)cc(C)c(N2CCCC2)c1C.Cc1cc(C)c(N2CCCC2)c(C)c1N.Cc1cc(C)c(N2CCCC2)c(C)c1NC(=O)c1sccc1S(=O)(=O)Nc1ccccc1. The number of nitrogen functional groups attached to an aromatic ring is 1. The minimum Gasteiger partial charge on any atom is -0.465 e. The van der Waals surface area contributed by atoms with Gasteiger partial charge in [0.25, 0.3) is 66.2 Å². The Morgan fingerprint density at radius 3 is 0.993 bits per heavy atom. The first-order valence-electron chi connectivity index (χ1n) is 45.1. The number of hydrogen-bond acceptors (Lipinski definition) is 29. The Hall–Kier alpha value is -10.8. The second-order valence-electron chi connectivity index (χ2n) is 32.6. The molecule has 30 nitrogen and oxygen atoms in total. The van der Waals surface area contributed by atoms with Crippen molar-refractivity contribution < 1.29 is 85.0 Å². The van der Waals surface area contributed by atoms with Gasteiger partial charge in [0, 0.05) is 110 Å². The van der Waals surface area contributed by atoms with Crippen molar-refractivity contribution in [3.63, 3.8) is 0 Å².